The van der Waals surface area contributed by atoms with Crippen LogP contribution in [-0.4, -0.2) is 65.6 Å². The molecule has 3 fully saturated rings. The monoisotopic (exact) mass is 363 g/mol. The van der Waals surface area contributed by atoms with E-state index < -0.39 is 24.3 Å². The van der Waals surface area contributed by atoms with Gasteiger partial charge in [0.25, 0.3) is 5.91 Å². The summed E-state index contributed by atoms with van der Waals surface area (Å²) in [5, 5.41) is 10.2. The van der Waals surface area contributed by atoms with Crippen molar-refractivity contribution in [2.45, 2.75) is 69.3 Å². The summed E-state index contributed by atoms with van der Waals surface area (Å²) in [5.41, 5.74) is 1.00. The number of carbonyl (C=O) groups is 1. The Balaban J connectivity index is 1.59. The lowest BCUT2D eigenvalue weighted by Gasteiger charge is -2.32. The second-order valence-corrected chi connectivity index (χ2v) is 7.54. The van der Waals surface area contributed by atoms with Gasteiger partial charge in [-0.3, -0.25) is 4.79 Å². The molecule has 3 aliphatic rings. The average Bonchev–Trinajstić information content (AvgIpc) is 3.19. The molecule has 0 aliphatic carbocycles. The largest absolute Gasteiger partial charge is 0.383 e. The fourth-order valence-corrected chi connectivity index (χ4v) is 4.19. The highest BCUT2D eigenvalue weighted by Gasteiger charge is 2.60. The number of benzene rings is 1. The summed E-state index contributed by atoms with van der Waals surface area (Å²) in [6.07, 6.45) is -2.40. The van der Waals surface area contributed by atoms with Crippen molar-refractivity contribution in [3.63, 3.8) is 0 Å². The fourth-order valence-electron chi connectivity index (χ4n) is 4.19. The van der Waals surface area contributed by atoms with Gasteiger partial charge in [-0.25, -0.2) is 0 Å². The Morgan fingerprint density at radius 2 is 1.88 bits per heavy atom. The Bertz CT molecular complexity index is 665. The van der Waals surface area contributed by atoms with Crippen molar-refractivity contribution in [1.29, 1.82) is 0 Å². The van der Waals surface area contributed by atoms with Gasteiger partial charge in [0.2, 0.25) is 0 Å². The molecule has 1 N–H and O–H groups in total. The van der Waals surface area contributed by atoms with Crippen molar-refractivity contribution in [1.82, 2.24) is 4.90 Å². The smallest absolute Gasteiger partial charge is 0.252 e. The van der Waals surface area contributed by atoms with Gasteiger partial charge in [0.15, 0.2) is 12.1 Å². The predicted octanol–water partition coefficient (Wildman–Crippen LogP) is 1.04. The Morgan fingerprint density at radius 1 is 1.19 bits per heavy atom. The van der Waals surface area contributed by atoms with Gasteiger partial charge in [-0.1, -0.05) is 30.3 Å². The van der Waals surface area contributed by atoms with E-state index in [2.05, 4.69) is 0 Å². The van der Waals surface area contributed by atoms with Crippen molar-refractivity contribution >= 4 is 5.91 Å². The molecule has 3 saturated heterocycles. The van der Waals surface area contributed by atoms with Crippen LogP contribution in [-0.2, 0) is 30.3 Å². The number of rotatable bonds is 4. The van der Waals surface area contributed by atoms with Crippen molar-refractivity contribution < 1.29 is 28.8 Å². The zero-order chi connectivity index (χ0) is 18.5. The van der Waals surface area contributed by atoms with Crippen LogP contribution in [0.1, 0.15) is 25.8 Å². The third-order valence-electron chi connectivity index (χ3n) is 5.29. The summed E-state index contributed by atoms with van der Waals surface area (Å²) in [6, 6.07) is 9.42. The highest BCUT2D eigenvalue weighted by molar-refractivity contribution is 5.83. The van der Waals surface area contributed by atoms with E-state index in [0.717, 1.165) is 5.56 Å². The molecule has 0 bridgehead atoms. The molecule has 7 heteroatoms. The number of aliphatic hydroxyl groups is 1. The van der Waals surface area contributed by atoms with Gasteiger partial charge in [-0.15, -0.1) is 0 Å². The highest BCUT2D eigenvalue weighted by atomic mass is 16.8. The summed E-state index contributed by atoms with van der Waals surface area (Å²) in [6.45, 7) is 4.12. The SMILES string of the molecule is CO[C@H]1O[C@H]([C@H]2C[C@@H](O)C(=O)N2Cc2ccccc2)[C@@H]2OC(C)(C)O[C@H]12. The average molecular weight is 363 g/mol. The molecule has 0 aromatic heterocycles. The summed E-state index contributed by atoms with van der Waals surface area (Å²) in [7, 11) is 1.56. The van der Waals surface area contributed by atoms with Gasteiger partial charge in [-0.2, -0.15) is 0 Å². The molecule has 4 rings (SSSR count). The van der Waals surface area contributed by atoms with Gasteiger partial charge in [-0.05, 0) is 19.4 Å². The van der Waals surface area contributed by atoms with Crippen LogP contribution in [0.5, 0.6) is 0 Å². The van der Waals surface area contributed by atoms with Crippen LogP contribution in [0.3, 0.4) is 0 Å². The Morgan fingerprint density at radius 3 is 2.58 bits per heavy atom. The van der Waals surface area contributed by atoms with E-state index >= 15 is 0 Å². The first kappa shape index (κ1) is 17.9. The van der Waals surface area contributed by atoms with Crippen molar-refractivity contribution in [3.05, 3.63) is 35.9 Å². The quantitative estimate of drug-likeness (QED) is 0.861. The molecule has 0 radical (unpaired) electrons. The molecule has 0 unspecified atom stereocenters. The highest BCUT2D eigenvalue weighted by Crippen LogP contribution is 2.42. The van der Waals surface area contributed by atoms with Crippen molar-refractivity contribution in [2.75, 3.05) is 7.11 Å². The van der Waals surface area contributed by atoms with Crippen LogP contribution in [0, 0.1) is 0 Å². The second-order valence-electron chi connectivity index (χ2n) is 7.54. The lowest BCUT2D eigenvalue weighted by Crippen LogP contribution is -2.46. The number of methoxy groups -OCH3 is 1. The first-order valence-electron chi connectivity index (χ1n) is 8.96. The standard InChI is InChI=1S/C19H25NO6/c1-19(2)25-15-14(24-18(23-3)16(15)26-19)12-9-13(21)17(22)20(12)10-11-7-5-4-6-8-11/h4-8,12-16,18,21H,9-10H2,1-3H3/t12-,13-,14-,15+,16+,18+/m1/s1. The zero-order valence-corrected chi connectivity index (χ0v) is 15.2. The maximum atomic E-state index is 12.6. The molecule has 3 aliphatic heterocycles. The first-order valence-corrected chi connectivity index (χ1v) is 8.96. The molecule has 1 aromatic carbocycles. The van der Waals surface area contributed by atoms with Crippen LogP contribution in [0.25, 0.3) is 0 Å². The van der Waals surface area contributed by atoms with Gasteiger partial charge >= 0.3 is 0 Å². The molecule has 6 atom stereocenters. The van der Waals surface area contributed by atoms with Gasteiger partial charge in [0.1, 0.15) is 24.4 Å². The minimum absolute atomic E-state index is 0.280. The normalized spacial score (nSPS) is 38.8. The molecule has 0 saturated carbocycles. The molecule has 1 aromatic rings. The lowest BCUT2D eigenvalue weighted by atomic mass is 10.0. The van der Waals surface area contributed by atoms with Gasteiger partial charge < -0.3 is 29.0 Å². The number of hydrogen-bond acceptors (Lipinski definition) is 6. The van der Waals surface area contributed by atoms with Crippen molar-refractivity contribution in [2.24, 2.45) is 0 Å². The molecule has 26 heavy (non-hydrogen) atoms. The van der Waals surface area contributed by atoms with Gasteiger partial charge in [0, 0.05) is 20.1 Å². The van der Waals surface area contributed by atoms with Crippen LogP contribution >= 0.6 is 0 Å². The molecule has 1 amide bonds. The molecule has 7 nitrogen and oxygen atoms in total. The molecule has 3 heterocycles. The number of amides is 1. The van der Waals surface area contributed by atoms with E-state index in [4.69, 9.17) is 18.9 Å². The molecular weight excluding hydrogens is 338 g/mol. The summed E-state index contributed by atoms with van der Waals surface area (Å²) < 4.78 is 23.5. The van der Waals surface area contributed by atoms with Crippen LogP contribution in [0.4, 0.5) is 0 Å². The van der Waals surface area contributed by atoms with E-state index in [1.54, 1.807) is 12.0 Å². The summed E-state index contributed by atoms with van der Waals surface area (Å²) in [4.78, 5) is 14.3. The van der Waals surface area contributed by atoms with Gasteiger partial charge in [0.05, 0.1) is 6.04 Å². The number of fused-ring (bicyclic) bond motifs is 1. The minimum atomic E-state index is -1.03. The number of carbonyl (C=O) groups excluding carboxylic acids is 1. The van der Waals surface area contributed by atoms with E-state index in [0.29, 0.717) is 13.0 Å². The van der Waals surface area contributed by atoms with Crippen molar-refractivity contribution in [3.8, 4) is 0 Å². The summed E-state index contributed by atoms with van der Waals surface area (Å²) in [5.74, 6) is -1.02. The number of ether oxygens (including phenoxy) is 4. The van der Waals surface area contributed by atoms with Crippen LogP contribution < -0.4 is 0 Å². The first-order chi connectivity index (χ1) is 12.4. The van der Waals surface area contributed by atoms with E-state index in [1.807, 2.05) is 44.2 Å². The topological polar surface area (TPSA) is 77.5 Å². The Labute approximate surface area is 152 Å². The predicted molar refractivity (Wildman–Crippen MR) is 90.9 cm³/mol. The summed E-state index contributed by atoms with van der Waals surface area (Å²) >= 11 is 0. The van der Waals surface area contributed by atoms with Crippen LogP contribution in [0.2, 0.25) is 0 Å². The molecule has 142 valence electrons. The van der Waals surface area contributed by atoms with E-state index in [-0.39, 0.29) is 24.2 Å². The second kappa shape index (κ2) is 6.58. The van der Waals surface area contributed by atoms with E-state index in [1.165, 1.54) is 0 Å². The number of likely N-dealkylation sites (tertiary alicyclic amines) is 1. The third kappa shape index (κ3) is 3.04. The zero-order valence-electron chi connectivity index (χ0n) is 15.2. The van der Waals surface area contributed by atoms with E-state index in [9.17, 15) is 9.90 Å². The fraction of sp³-hybridized carbons (Fsp3) is 0.632. The number of aliphatic hydroxyl groups excluding tert-OH is 1. The third-order valence-corrected chi connectivity index (χ3v) is 5.29. The number of hydrogen-bond donors (Lipinski definition) is 1. The van der Waals surface area contributed by atoms with Crippen LogP contribution in [0.15, 0.2) is 30.3 Å². The lowest BCUT2D eigenvalue weighted by molar-refractivity contribution is -0.232. The molecular formula is C19H25NO6. The maximum Gasteiger partial charge on any atom is 0.252 e. The number of nitrogens with zero attached hydrogens (tertiary/aromatic N) is 1. The Hall–Kier alpha value is -1.51. The Kier molecular flexibility index (Phi) is 4.53. The maximum absolute atomic E-state index is 12.6. The minimum Gasteiger partial charge on any atom is -0.383 e. The molecule has 0 spiro atoms.